The summed E-state index contributed by atoms with van der Waals surface area (Å²) in [7, 11) is 12.0. The summed E-state index contributed by atoms with van der Waals surface area (Å²) < 4.78 is 5.33. The Morgan fingerprint density at radius 2 is 0.947 bits per heavy atom. The third-order valence-electron chi connectivity index (χ3n) is 20.2. The largest absolute Gasteiger partial charge is 0.390 e. The van der Waals surface area contributed by atoms with Gasteiger partial charge in [-0.3, -0.25) is 57.6 Å². The number of rotatable bonds is 20. The van der Waals surface area contributed by atoms with Gasteiger partial charge in [0.15, 0.2) is 11.6 Å². The first-order valence-electron chi connectivity index (χ1n) is 35.5. The fourth-order valence-electron chi connectivity index (χ4n) is 13.7. The van der Waals surface area contributed by atoms with E-state index in [4.69, 9.17) is 4.74 Å². The zero-order valence-electron chi connectivity index (χ0n) is 63.4. The number of methoxy groups -OCH3 is 1. The van der Waals surface area contributed by atoms with Crippen LogP contribution in [-0.2, 0) is 57.5 Å². The summed E-state index contributed by atoms with van der Waals surface area (Å²) >= 11 is 0. The molecule has 95 heavy (non-hydrogen) atoms. The van der Waals surface area contributed by atoms with E-state index in [9.17, 15) is 24.3 Å². The molecule has 0 radical (unpaired) electrons. The number of amides is 8. The van der Waals surface area contributed by atoms with Crippen LogP contribution in [0.4, 0.5) is 0 Å². The average molecular weight is 1340 g/mol. The van der Waals surface area contributed by atoms with Crippen LogP contribution in [0.15, 0.2) is 0 Å². The lowest BCUT2D eigenvalue weighted by atomic mass is 9.83. The molecule has 2 aliphatic heterocycles. The Morgan fingerprint density at radius 1 is 0.484 bits per heavy atom. The number of piperazine rings is 1. The third-order valence-corrected chi connectivity index (χ3v) is 20.2. The fourth-order valence-corrected chi connectivity index (χ4v) is 13.7. The predicted octanol–water partition coefficient (Wildman–Crippen LogP) is 6.01. The van der Waals surface area contributed by atoms with Gasteiger partial charge in [0.05, 0.1) is 24.8 Å². The van der Waals surface area contributed by atoms with Crippen LogP contribution in [-0.4, -0.2) is 271 Å². The quantitative estimate of drug-likeness (QED) is 0.142. The molecule has 8 amide bonds. The SMILES string of the molecule is CCCC[C@@H](C)[C@@H](O)[C@H]1C(=O)N[C@@H](CC)C(=O)N(C)[C@H](C)C(=O)N(C)[C@@H]([C@H](C)CN2CCN(CCOC)CC2)C(=O)C[C@@H](C(C)C)C(=O)N(C)[C@@H](CC(C)C)C(=O)C[C@@H](C)C(=O)C[C@H](C)C(=O)N(C)[C@@H](CC(C)C)C(=O)N(C)[C@@H](CC(C)C)C(=O)N(C)[C@@H](C(C)C)C(=O)N1C. The van der Waals surface area contributed by atoms with E-state index in [1.807, 2.05) is 69.2 Å². The Kier molecular flexibility index (Phi) is 36.0. The van der Waals surface area contributed by atoms with Crippen LogP contribution in [0.5, 0.6) is 0 Å². The first kappa shape index (κ1) is 85.7. The van der Waals surface area contributed by atoms with E-state index in [-0.39, 0.29) is 80.0 Å². The second-order valence-electron chi connectivity index (χ2n) is 30.2. The van der Waals surface area contributed by atoms with Crippen LogP contribution in [0, 0.1) is 59.2 Å². The van der Waals surface area contributed by atoms with Crippen LogP contribution >= 0.6 is 0 Å². The number of aliphatic hydroxyl groups excluding tert-OH is 1. The maximum absolute atomic E-state index is 15.4. The zero-order chi connectivity index (χ0) is 73.0. The van der Waals surface area contributed by atoms with Gasteiger partial charge in [0.25, 0.3) is 0 Å². The maximum atomic E-state index is 15.4. The molecular weight excluding hydrogens is 1210 g/mol. The van der Waals surface area contributed by atoms with Crippen molar-refractivity contribution in [3.8, 4) is 0 Å². The summed E-state index contributed by atoms with van der Waals surface area (Å²) in [6, 6.07) is -9.58. The van der Waals surface area contributed by atoms with Crippen LogP contribution in [0.1, 0.15) is 182 Å². The van der Waals surface area contributed by atoms with Crippen LogP contribution < -0.4 is 5.32 Å². The molecule has 0 aromatic carbocycles. The van der Waals surface area contributed by atoms with Gasteiger partial charge in [-0.05, 0) is 80.5 Å². The van der Waals surface area contributed by atoms with Crippen molar-refractivity contribution in [2.24, 2.45) is 59.2 Å². The van der Waals surface area contributed by atoms with Gasteiger partial charge in [-0.1, -0.05) is 124 Å². The van der Waals surface area contributed by atoms with Gasteiger partial charge in [0, 0.05) is 133 Å². The van der Waals surface area contributed by atoms with E-state index in [2.05, 4.69) is 15.1 Å². The highest BCUT2D eigenvalue weighted by Gasteiger charge is 2.47. The van der Waals surface area contributed by atoms with Crippen molar-refractivity contribution in [1.82, 2.24) is 49.4 Å². The summed E-state index contributed by atoms with van der Waals surface area (Å²) in [6.45, 7) is 35.4. The number of ketones is 3. The number of carbonyl (C=O) groups is 11. The molecule has 23 nitrogen and oxygen atoms in total. The van der Waals surface area contributed by atoms with Crippen molar-refractivity contribution >= 4 is 64.6 Å². The summed E-state index contributed by atoms with van der Waals surface area (Å²) in [5, 5.41) is 15.1. The Bertz CT molecular complexity index is 2540. The van der Waals surface area contributed by atoms with Crippen molar-refractivity contribution in [2.45, 2.75) is 236 Å². The summed E-state index contributed by atoms with van der Waals surface area (Å²) in [5.41, 5.74) is 0. The molecule has 14 atom stereocenters. The minimum atomic E-state index is -1.58. The second-order valence-corrected chi connectivity index (χ2v) is 30.2. The van der Waals surface area contributed by atoms with Crippen LogP contribution in [0.2, 0.25) is 0 Å². The molecule has 546 valence electrons. The molecule has 23 heteroatoms. The van der Waals surface area contributed by atoms with Gasteiger partial charge in [0.1, 0.15) is 42.0 Å². The Morgan fingerprint density at radius 3 is 1.43 bits per heavy atom. The Labute approximate surface area is 572 Å². The van der Waals surface area contributed by atoms with E-state index in [0.29, 0.717) is 39.1 Å². The van der Waals surface area contributed by atoms with Gasteiger partial charge >= 0.3 is 0 Å². The molecule has 2 fully saturated rings. The van der Waals surface area contributed by atoms with Crippen LogP contribution in [0.3, 0.4) is 0 Å². The van der Waals surface area contributed by atoms with Crippen molar-refractivity contribution < 1.29 is 62.6 Å². The first-order valence-corrected chi connectivity index (χ1v) is 35.5. The second kappa shape index (κ2) is 39.9. The first-order chi connectivity index (χ1) is 44.1. The highest BCUT2D eigenvalue weighted by molar-refractivity contribution is 6.00. The summed E-state index contributed by atoms with van der Waals surface area (Å²) in [6.07, 6.45) is 0.414. The predicted molar refractivity (Wildman–Crippen MR) is 371 cm³/mol. The van der Waals surface area contributed by atoms with Crippen molar-refractivity contribution in [3.05, 3.63) is 0 Å². The molecule has 0 bridgehead atoms. The third kappa shape index (κ3) is 23.9. The molecule has 0 aromatic rings. The molecule has 0 aliphatic carbocycles. The lowest BCUT2D eigenvalue weighted by molar-refractivity contribution is -0.157. The topological polar surface area (TPSA) is 258 Å². The van der Waals surface area contributed by atoms with Gasteiger partial charge in [-0.25, -0.2) is 0 Å². The number of aliphatic hydroxyl groups is 1. The lowest BCUT2D eigenvalue weighted by Gasteiger charge is -2.42. The highest BCUT2D eigenvalue weighted by atomic mass is 16.5. The van der Waals surface area contributed by atoms with E-state index in [1.165, 1.54) is 71.7 Å². The number of unbranched alkanes of at least 4 members (excludes halogenated alkanes) is 1. The minimum absolute atomic E-state index is 0.0323. The number of ether oxygens (including phenoxy) is 1. The summed E-state index contributed by atoms with van der Waals surface area (Å²) in [4.78, 5) is 178. The van der Waals surface area contributed by atoms with Gasteiger partial charge in [-0.15, -0.1) is 0 Å². The molecule has 2 N–H and O–H groups in total. The molecular formula is C72H130N10O13. The minimum Gasteiger partial charge on any atom is -0.390 e. The molecule has 0 saturated carbocycles. The number of likely N-dealkylation sites (N-methyl/N-ethyl adjacent to an activating group) is 7. The normalized spacial score (nSPS) is 28.0. The van der Waals surface area contributed by atoms with E-state index < -0.39 is 143 Å². The number of Topliss-reactive ketones (excluding diaryl/α,β-unsaturated/α-hetero) is 3. The van der Waals surface area contributed by atoms with Crippen LogP contribution in [0.25, 0.3) is 0 Å². The number of nitrogens with one attached hydrogen (secondary N) is 1. The van der Waals surface area contributed by atoms with E-state index in [1.54, 1.807) is 62.6 Å². The van der Waals surface area contributed by atoms with Gasteiger partial charge < -0.3 is 54.4 Å². The monoisotopic (exact) mass is 1340 g/mol. The molecule has 0 spiro atoms. The molecule has 0 aromatic heterocycles. The number of nitrogens with zero attached hydrogens (tertiary/aromatic N) is 9. The van der Waals surface area contributed by atoms with Gasteiger partial charge in [0.2, 0.25) is 47.3 Å². The van der Waals surface area contributed by atoms with Gasteiger partial charge in [-0.2, -0.15) is 0 Å². The molecule has 2 heterocycles. The smallest absolute Gasteiger partial charge is 0.246 e. The fraction of sp³-hybridized carbons (Fsp3) is 0.847. The van der Waals surface area contributed by atoms with Crippen molar-refractivity contribution in [3.63, 3.8) is 0 Å². The summed E-state index contributed by atoms with van der Waals surface area (Å²) in [5.74, 6) is -11.0. The molecule has 2 rings (SSSR count). The lowest BCUT2D eigenvalue weighted by Crippen LogP contribution is -2.63. The molecule has 2 saturated heterocycles. The Balaban J connectivity index is 3.04. The molecule has 0 unspecified atom stereocenters. The highest BCUT2D eigenvalue weighted by Crippen LogP contribution is 2.30. The molecule has 2 aliphatic rings. The number of hydrogen-bond acceptors (Lipinski definition) is 15. The number of hydrogen-bond donors (Lipinski definition) is 2. The van der Waals surface area contributed by atoms with E-state index >= 15 is 33.6 Å². The maximum Gasteiger partial charge on any atom is 0.246 e. The van der Waals surface area contributed by atoms with E-state index in [0.717, 1.165) is 31.0 Å². The zero-order valence-corrected chi connectivity index (χ0v) is 63.4. The van der Waals surface area contributed by atoms with Crippen molar-refractivity contribution in [1.29, 1.82) is 0 Å². The average Bonchev–Trinajstić information content (AvgIpc) is 0.825. The standard InChI is InChI=1S/C72H130N10O13/c1-26-28-29-48(13)64(86)63-65(87)73-54(27-2)69(91)74(18)52(17)67(89)79(23)62(51(16)42-82-32-30-81(31-33-82)34-35-95-25)60(85)41-53(46(9)10)68(90)75(19)55(36-43(3)4)59(84)39-49(14)58(83)40-50(15)66(88)76(20)56(37-44(5)6)70(92)77(21)57(38-45(7)8)71(93)78(22)61(47(11)12)72(94)80(63)24/h43-57,61-64,86H,26-42H2,1-25H3,(H,73,87)/t48-,49-,50+,51-,52-,53+,54+,55+,56+,57+,61+,62+,63+,64-/m1/s1. The number of carbonyl (C=O) groups excluding carboxylic acids is 11. The van der Waals surface area contributed by atoms with Crippen molar-refractivity contribution in [2.75, 3.05) is 102 Å². The Hall–Kier alpha value is -5.39.